The fourth-order valence-electron chi connectivity index (χ4n) is 3.47. The number of amides is 1. The summed E-state index contributed by atoms with van der Waals surface area (Å²) in [6.45, 7) is 3.17. The predicted molar refractivity (Wildman–Crippen MR) is 111 cm³/mol. The van der Waals surface area contributed by atoms with Crippen LogP contribution in [0.2, 0.25) is 0 Å². The van der Waals surface area contributed by atoms with Crippen molar-refractivity contribution in [3.63, 3.8) is 0 Å². The molecule has 0 saturated carbocycles. The van der Waals surface area contributed by atoms with Crippen LogP contribution in [0.15, 0.2) is 47.3 Å². The molecule has 0 saturated heterocycles. The number of thiazole rings is 1. The molecule has 0 aliphatic carbocycles. The Labute approximate surface area is 168 Å². The first-order valence-corrected chi connectivity index (χ1v) is 10.2. The van der Waals surface area contributed by atoms with Crippen LogP contribution in [0.5, 0.6) is 11.5 Å². The van der Waals surface area contributed by atoms with Crippen LogP contribution in [0.25, 0.3) is 0 Å². The van der Waals surface area contributed by atoms with Gasteiger partial charge in [0.2, 0.25) is 0 Å². The van der Waals surface area contributed by atoms with E-state index in [9.17, 15) is 4.79 Å². The predicted octanol–water partition coefficient (Wildman–Crippen LogP) is 4.63. The van der Waals surface area contributed by atoms with Crippen molar-refractivity contribution < 1.29 is 14.3 Å². The summed E-state index contributed by atoms with van der Waals surface area (Å²) in [5.41, 5.74) is 6.69. The fourth-order valence-corrected chi connectivity index (χ4v) is 4.02. The van der Waals surface area contributed by atoms with Crippen molar-refractivity contribution in [2.24, 2.45) is 0 Å². The summed E-state index contributed by atoms with van der Waals surface area (Å²) in [6.07, 6.45) is 1.97. The van der Waals surface area contributed by atoms with E-state index in [-0.39, 0.29) is 5.91 Å². The first kappa shape index (κ1) is 18.5. The van der Waals surface area contributed by atoms with Crippen LogP contribution < -0.4 is 14.4 Å². The topological polar surface area (TPSA) is 51.7 Å². The highest BCUT2D eigenvalue weighted by molar-refractivity contribution is 7.07. The number of methoxy groups -OCH3 is 1. The second-order valence-corrected chi connectivity index (χ2v) is 7.55. The van der Waals surface area contributed by atoms with Crippen molar-refractivity contribution in [3.8, 4) is 11.5 Å². The molecule has 1 aliphatic heterocycles. The number of hydrogen-bond donors (Lipinski definition) is 0. The number of anilines is 1. The summed E-state index contributed by atoms with van der Waals surface area (Å²) >= 11 is 1.53. The van der Waals surface area contributed by atoms with Crippen LogP contribution in [0.4, 0.5) is 5.69 Å². The van der Waals surface area contributed by atoms with Crippen molar-refractivity contribution >= 4 is 22.9 Å². The molecule has 0 unspecified atom stereocenters. The lowest BCUT2D eigenvalue weighted by atomic mass is 9.99. The molecule has 0 fully saturated rings. The van der Waals surface area contributed by atoms with E-state index in [0.717, 1.165) is 30.8 Å². The van der Waals surface area contributed by atoms with E-state index in [2.05, 4.69) is 24.0 Å². The number of aromatic nitrogens is 1. The Morgan fingerprint density at radius 3 is 2.89 bits per heavy atom. The number of hydrogen-bond acceptors (Lipinski definition) is 5. The summed E-state index contributed by atoms with van der Waals surface area (Å²) in [7, 11) is 1.58. The van der Waals surface area contributed by atoms with Crippen molar-refractivity contribution in [3.05, 3.63) is 69.7 Å². The van der Waals surface area contributed by atoms with Gasteiger partial charge in [-0.1, -0.05) is 17.7 Å². The second-order valence-electron chi connectivity index (χ2n) is 6.83. The molecule has 0 radical (unpaired) electrons. The molecule has 2 aromatic carbocycles. The molecule has 6 heteroatoms. The molecule has 1 amide bonds. The van der Waals surface area contributed by atoms with Crippen LogP contribution >= 0.6 is 11.3 Å². The number of fused-ring (bicyclic) bond motifs is 1. The number of carbonyl (C=O) groups excluding carboxylic acids is 1. The Kier molecular flexibility index (Phi) is 5.30. The normalized spacial score (nSPS) is 13.1. The SMILES string of the molecule is COc1cc(C(=O)N2CCCc3cc(C)ccc32)ccc1OCc1cscn1. The highest BCUT2D eigenvalue weighted by atomic mass is 32.1. The van der Waals surface area contributed by atoms with E-state index in [0.29, 0.717) is 23.7 Å². The molecule has 2 heterocycles. The summed E-state index contributed by atoms with van der Waals surface area (Å²) < 4.78 is 11.3. The standard InChI is InChI=1S/C22H22N2O3S/c1-15-5-7-19-16(10-15)4-3-9-24(19)22(25)17-6-8-20(21(11-17)26-2)27-12-18-13-28-14-23-18/h5-8,10-11,13-14H,3-4,9,12H2,1-2H3. The lowest BCUT2D eigenvalue weighted by Gasteiger charge is -2.30. The van der Waals surface area contributed by atoms with Gasteiger partial charge in [0, 0.05) is 23.2 Å². The second kappa shape index (κ2) is 8.02. The first-order chi connectivity index (χ1) is 13.7. The lowest BCUT2D eigenvalue weighted by molar-refractivity contribution is 0.0984. The maximum atomic E-state index is 13.2. The van der Waals surface area contributed by atoms with Gasteiger partial charge in [-0.25, -0.2) is 4.98 Å². The van der Waals surface area contributed by atoms with Gasteiger partial charge in [0.05, 0.1) is 18.3 Å². The van der Waals surface area contributed by atoms with Crippen LogP contribution in [-0.2, 0) is 13.0 Å². The Morgan fingerprint density at radius 2 is 2.11 bits per heavy atom. The van der Waals surface area contributed by atoms with Gasteiger partial charge in [0.25, 0.3) is 5.91 Å². The van der Waals surface area contributed by atoms with Crippen molar-refractivity contribution in [2.75, 3.05) is 18.6 Å². The maximum absolute atomic E-state index is 13.2. The number of carbonyl (C=O) groups is 1. The molecule has 1 aromatic heterocycles. The highest BCUT2D eigenvalue weighted by Crippen LogP contribution is 2.32. The third-order valence-electron chi connectivity index (χ3n) is 4.87. The third kappa shape index (κ3) is 3.73. The van der Waals surface area contributed by atoms with Crippen molar-refractivity contribution in [2.45, 2.75) is 26.4 Å². The molecular weight excluding hydrogens is 372 g/mol. The Hall–Kier alpha value is -2.86. The maximum Gasteiger partial charge on any atom is 0.258 e. The van der Waals surface area contributed by atoms with Gasteiger partial charge in [-0.05, 0) is 49.6 Å². The minimum atomic E-state index is -0.0193. The van der Waals surface area contributed by atoms with Crippen LogP contribution in [-0.4, -0.2) is 24.5 Å². The smallest absolute Gasteiger partial charge is 0.258 e. The van der Waals surface area contributed by atoms with Gasteiger partial charge in [-0.15, -0.1) is 11.3 Å². The number of ether oxygens (including phenoxy) is 2. The van der Waals surface area contributed by atoms with E-state index < -0.39 is 0 Å². The van der Waals surface area contributed by atoms with Crippen LogP contribution in [0.3, 0.4) is 0 Å². The molecule has 0 spiro atoms. The Bertz CT molecular complexity index is 985. The zero-order chi connectivity index (χ0) is 19.5. The molecule has 5 nitrogen and oxygen atoms in total. The summed E-state index contributed by atoms with van der Waals surface area (Å²) in [6, 6.07) is 11.6. The van der Waals surface area contributed by atoms with Crippen molar-refractivity contribution in [1.29, 1.82) is 0 Å². The molecule has 0 N–H and O–H groups in total. The number of nitrogens with zero attached hydrogens (tertiary/aromatic N) is 2. The third-order valence-corrected chi connectivity index (χ3v) is 5.50. The summed E-state index contributed by atoms with van der Waals surface area (Å²) in [4.78, 5) is 19.3. The van der Waals surface area contributed by atoms with Gasteiger partial charge in [-0.3, -0.25) is 4.79 Å². The Morgan fingerprint density at radius 1 is 1.21 bits per heavy atom. The van der Waals surface area contributed by atoms with Gasteiger partial charge in [0.15, 0.2) is 11.5 Å². The number of aryl methyl sites for hydroxylation is 2. The van der Waals surface area contributed by atoms with E-state index >= 15 is 0 Å². The molecule has 0 bridgehead atoms. The van der Waals surface area contributed by atoms with Crippen LogP contribution in [0.1, 0.15) is 33.6 Å². The van der Waals surface area contributed by atoms with E-state index in [1.54, 1.807) is 30.8 Å². The average Bonchev–Trinajstić information content (AvgIpc) is 3.24. The van der Waals surface area contributed by atoms with Gasteiger partial charge >= 0.3 is 0 Å². The zero-order valence-electron chi connectivity index (χ0n) is 16.0. The molecular formula is C22H22N2O3S. The van der Waals surface area contributed by atoms with Gasteiger partial charge in [-0.2, -0.15) is 0 Å². The summed E-state index contributed by atoms with van der Waals surface area (Å²) in [5.74, 6) is 1.12. The number of rotatable bonds is 5. The molecule has 28 heavy (non-hydrogen) atoms. The quantitative estimate of drug-likeness (QED) is 0.633. The molecule has 0 atom stereocenters. The zero-order valence-corrected chi connectivity index (χ0v) is 16.8. The van der Waals surface area contributed by atoms with E-state index in [1.165, 1.54) is 22.5 Å². The summed E-state index contributed by atoms with van der Waals surface area (Å²) in [5, 5.41) is 1.94. The monoisotopic (exact) mass is 394 g/mol. The van der Waals surface area contributed by atoms with Crippen LogP contribution in [0, 0.1) is 6.92 Å². The first-order valence-electron chi connectivity index (χ1n) is 9.25. The molecule has 1 aliphatic rings. The van der Waals surface area contributed by atoms with Gasteiger partial charge in [0.1, 0.15) is 6.61 Å². The van der Waals surface area contributed by atoms with E-state index in [1.807, 2.05) is 16.3 Å². The van der Waals surface area contributed by atoms with Crippen molar-refractivity contribution in [1.82, 2.24) is 4.98 Å². The molecule has 4 rings (SSSR count). The molecule has 3 aromatic rings. The minimum Gasteiger partial charge on any atom is -0.493 e. The van der Waals surface area contributed by atoms with Gasteiger partial charge < -0.3 is 14.4 Å². The minimum absolute atomic E-state index is 0.0193. The largest absolute Gasteiger partial charge is 0.493 e. The lowest BCUT2D eigenvalue weighted by Crippen LogP contribution is -2.35. The highest BCUT2D eigenvalue weighted by Gasteiger charge is 2.24. The Balaban J connectivity index is 1.57. The van der Waals surface area contributed by atoms with E-state index in [4.69, 9.17) is 9.47 Å². The molecule has 144 valence electrons. The average molecular weight is 394 g/mol. The number of benzene rings is 2. The fraction of sp³-hybridized carbons (Fsp3) is 0.273.